The molecular weight excluding hydrogens is 470 g/mol. The van der Waals surface area contributed by atoms with Crippen LogP contribution in [0.3, 0.4) is 0 Å². The molecule has 1 heterocycles. The zero-order chi connectivity index (χ0) is 24.7. The molecule has 9 nitrogen and oxygen atoms in total. The van der Waals surface area contributed by atoms with Gasteiger partial charge >= 0.3 is 5.97 Å². The second-order valence-corrected chi connectivity index (χ2v) is 10.2. The summed E-state index contributed by atoms with van der Waals surface area (Å²) in [6.07, 6.45) is 4.95. The average molecular weight is 492 g/mol. The molecule has 178 valence electrons. The van der Waals surface area contributed by atoms with E-state index in [1.54, 1.807) is 24.3 Å². The summed E-state index contributed by atoms with van der Waals surface area (Å²) >= 11 is 0. The number of non-ortho nitro benzene ring substituents is 1. The fourth-order valence-electron chi connectivity index (χ4n) is 4.77. The third-order valence-electron chi connectivity index (χ3n) is 6.49. The monoisotopic (exact) mass is 491 g/mol. The fraction of sp³-hybridized carbons (Fsp3) is 0.160. The molecule has 0 amide bonds. The summed E-state index contributed by atoms with van der Waals surface area (Å²) in [5, 5.41) is 23.5. The van der Waals surface area contributed by atoms with E-state index in [9.17, 15) is 23.3 Å². The van der Waals surface area contributed by atoms with E-state index in [1.807, 2.05) is 0 Å². The number of hydrogen-bond acceptors (Lipinski definition) is 6. The molecule has 0 fully saturated rings. The maximum atomic E-state index is 13.1. The lowest BCUT2D eigenvalue weighted by molar-refractivity contribution is -0.384. The van der Waals surface area contributed by atoms with Gasteiger partial charge in [0, 0.05) is 29.4 Å². The Hall–Kier alpha value is -4.18. The molecule has 1 aliphatic carbocycles. The van der Waals surface area contributed by atoms with Crippen molar-refractivity contribution in [2.75, 3.05) is 10.0 Å². The number of nitro benzene ring substituents is 1. The molecule has 3 atom stereocenters. The van der Waals surface area contributed by atoms with Gasteiger partial charge in [-0.1, -0.05) is 24.3 Å². The highest BCUT2D eigenvalue weighted by molar-refractivity contribution is 7.92. The van der Waals surface area contributed by atoms with Crippen LogP contribution in [0.5, 0.6) is 0 Å². The van der Waals surface area contributed by atoms with Crippen LogP contribution < -0.4 is 10.0 Å². The van der Waals surface area contributed by atoms with Crippen LogP contribution in [0.1, 0.15) is 39.9 Å². The molecule has 2 unspecified atom stereocenters. The van der Waals surface area contributed by atoms with Crippen molar-refractivity contribution in [3.8, 4) is 0 Å². The predicted molar refractivity (Wildman–Crippen MR) is 130 cm³/mol. The SMILES string of the molecule is O=C(O)c1ccc(NS(=O)(=O)c2ccc3c(c2)C2C=CCC2[C@@H](c2ccc([N+](=O)[O-])cc2)N3)cc1. The van der Waals surface area contributed by atoms with Gasteiger partial charge in [-0.3, -0.25) is 14.8 Å². The Morgan fingerprint density at radius 1 is 1.06 bits per heavy atom. The Morgan fingerprint density at radius 2 is 1.77 bits per heavy atom. The van der Waals surface area contributed by atoms with Crippen LogP contribution in [0.15, 0.2) is 83.8 Å². The second kappa shape index (κ2) is 8.55. The Bertz CT molecular complexity index is 1450. The van der Waals surface area contributed by atoms with Gasteiger partial charge in [0.05, 0.1) is 21.4 Å². The molecule has 0 aromatic heterocycles. The number of aromatic carboxylic acids is 1. The number of sulfonamides is 1. The van der Waals surface area contributed by atoms with Crippen LogP contribution >= 0.6 is 0 Å². The van der Waals surface area contributed by atoms with E-state index in [0.717, 1.165) is 23.2 Å². The van der Waals surface area contributed by atoms with E-state index in [4.69, 9.17) is 5.11 Å². The van der Waals surface area contributed by atoms with Gasteiger partial charge in [0.1, 0.15) is 0 Å². The minimum atomic E-state index is -3.90. The standard InChI is InChI=1S/C25H21N3O6S/c29-25(30)16-4-8-17(9-5-16)27-35(33,34)19-12-13-23-22(14-19)20-2-1-3-21(20)24(26-23)15-6-10-18(11-7-15)28(31)32/h1-2,4-14,20-21,24,26-27H,3H2,(H,29,30)/t20?,21?,24-/m1/s1. The average Bonchev–Trinajstić information content (AvgIpc) is 3.34. The van der Waals surface area contributed by atoms with Crippen LogP contribution in [0.25, 0.3) is 0 Å². The Balaban J connectivity index is 1.43. The highest BCUT2D eigenvalue weighted by atomic mass is 32.2. The van der Waals surface area contributed by atoms with E-state index in [-0.39, 0.29) is 39.7 Å². The van der Waals surface area contributed by atoms with Crippen LogP contribution in [0, 0.1) is 16.0 Å². The molecule has 0 saturated heterocycles. The molecule has 0 spiro atoms. The number of hydrogen-bond donors (Lipinski definition) is 3. The first-order valence-corrected chi connectivity index (χ1v) is 12.4. The summed E-state index contributed by atoms with van der Waals surface area (Å²) in [5.74, 6) is -0.956. The smallest absolute Gasteiger partial charge is 0.335 e. The van der Waals surface area contributed by atoms with Gasteiger partial charge in [-0.15, -0.1) is 0 Å². The quantitative estimate of drug-likeness (QED) is 0.253. The number of carboxylic acid groups (broad SMARTS) is 1. The minimum Gasteiger partial charge on any atom is -0.478 e. The molecule has 0 saturated carbocycles. The van der Waals surface area contributed by atoms with Gasteiger partial charge in [0.15, 0.2) is 0 Å². The Labute approximate surface area is 201 Å². The molecule has 5 rings (SSSR count). The summed E-state index contributed by atoms with van der Waals surface area (Å²) < 4.78 is 28.6. The van der Waals surface area contributed by atoms with Crippen molar-refractivity contribution >= 4 is 33.1 Å². The summed E-state index contributed by atoms with van der Waals surface area (Å²) in [6, 6.07) is 16.8. The lowest BCUT2D eigenvalue weighted by Crippen LogP contribution is -2.29. The Morgan fingerprint density at radius 3 is 2.43 bits per heavy atom. The van der Waals surface area contributed by atoms with E-state index in [1.165, 1.54) is 42.5 Å². The van der Waals surface area contributed by atoms with Crippen molar-refractivity contribution < 1.29 is 23.2 Å². The third-order valence-corrected chi connectivity index (χ3v) is 7.87. The van der Waals surface area contributed by atoms with Gasteiger partial charge in [-0.2, -0.15) is 0 Å². The first-order valence-electron chi connectivity index (χ1n) is 10.9. The van der Waals surface area contributed by atoms with Crippen molar-refractivity contribution in [1.29, 1.82) is 0 Å². The zero-order valence-corrected chi connectivity index (χ0v) is 19.1. The van der Waals surface area contributed by atoms with E-state index < -0.39 is 20.9 Å². The van der Waals surface area contributed by atoms with Crippen LogP contribution in [-0.4, -0.2) is 24.4 Å². The number of fused-ring (bicyclic) bond motifs is 3. The highest BCUT2D eigenvalue weighted by Gasteiger charge is 2.38. The Kier molecular flexibility index (Phi) is 5.52. The van der Waals surface area contributed by atoms with Crippen LogP contribution in [0.2, 0.25) is 0 Å². The number of allylic oxidation sites excluding steroid dienone is 2. The van der Waals surface area contributed by atoms with Gasteiger partial charge in [0.25, 0.3) is 15.7 Å². The maximum absolute atomic E-state index is 13.1. The number of anilines is 2. The van der Waals surface area contributed by atoms with Gasteiger partial charge < -0.3 is 10.4 Å². The first kappa shape index (κ1) is 22.6. The van der Waals surface area contributed by atoms with Gasteiger partial charge in [-0.05, 0) is 65.9 Å². The topological polar surface area (TPSA) is 139 Å². The molecular formula is C25H21N3O6S. The minimum absolute atomic E-state index is 0.00329. The van der Waals surface area contributed by atoms with E-state index in [0.29, 0.717) is 0 Å². The lowest BCUT2D eigenvalue weighted by atomic mass is 9.77. The molecule has 1 aliphatic heterocycles. The number of benzene rings is 3. The molecule has 2 aliphatic rings. The highest BCUT2D eigenvalue weighted by Crippen LogP contribution is 2.50. The van der Waals surface area contributed by atoms with E-state index >= 15 is 0 Å². The van der Waals surface area contributed by atoms with Crippen molar-refractivity contribution in [3.63, 3.8) is 0 Å². The molecule has 10 heteroatoms. The van der Waals surface area contributed by atoms with Crippen molar-refractivity contribution in [3.05, 3.63) is 106 Å². The molecule has 0 radical (unpaired) electrons. The summed E-state index contributed by atoms with van der Waals surface area (Å²) in [5.41, 5.74) is 2.98. The van der Waals surface area contributed by atoms with E-state index in [2.05, 4.69) is 22.2 Å². The fourth-order valence-corrected chi connectivity index (χ4v) is 5.86. The predicted octanol–water partition coefficient (Wildman–Crippen LogP) is 4.92. The van der Waals surface area contributed by atoms with Gasteiger partial charge in [0.2, 0.25) is 0 Å². The number of nitro groups is 1. The third kappa shape index (κ3) is 4.24. The van der Waals surface area contributed by atoms with Crippen molar-refractivity contribution in [2.24, 2.45) is 5.92 Å². The van der Waals surface area contributed by atoms with Crippen LogP contribution in [0.4, 0.5) is 17.1 Å². The summed E-state index contributed by atoms with van der Waals surface area (Å²) in [7, 11) is -3.90. The van der Waals surface area contributed by atoms with Crippen molar-refractivity contribution in [2.45, 2.75) is 23.3 Å². The number of nitrogens with one attached hydrogen (secondary N) is 2. The normalized spacial score (nSPS) is 20.4. The molecule has 0 bridgehead atoms. The molecule has 3 aromatic rings. The first-order chi connectivity index (χ1) is 16.7. The van der Waals surface area contributed by atoms with Crippen LogP contribution in [-0.2, 0) is 10.0 Å². The second-order valence-electron chi connectivity index (χ2n) is 8.56. The zero-order valence-electron chi connectivity index (χ0n) is 18.3. The molecule has 3 aromatic carbocycles. The van der Waals surface area contributed by atoms with Gasteiger partial charge in [-0.25, -0.2) is 13.2 Å². The number of carboxylic acids is 1. The number of nitrogens with zero attached hydrogens (tertiary/aromatic N) is 1. The maximum Gasteiger partial charge on any atom is 0.335 e. The number of rotatable bonds is 6. The summed E-state index contributed by atoms with van der Waals surface area (Å²) in [4.78, 5) is 21.7. The van der Waals surface area contributed by atoms with Crippen molar-refractivity contribution in [1.82, 2.24) is 0 Å². The number of carbonyl (C=O) groups is 1. The lowest BCUT2D eigenvalue weighted by Gasteiger charge is -2.37. The summed E-state index contributed by atoms with van der Waals surface area (Å²) in [6.45, 7) is 0. The molecule has 3 N–H and O–H groups in total. The molecule has 35 heavy (non-hydrogen) atoms. The largest absolute Gasteiger partial charge is 0.478 e.